The lowest BCUT2D eigenvalue weighted by atomic mass is 10.1. The van der Waals surface area contributed by atoms with Crippen LogP contribution in [0.25, 0.3) is 11.1 Å². The molecule has 0 atom stereocenters. The Balaban J connectivity index is 2.25. The molecule has 1 aromatic carbocycles. The molecular weight excluding hydrogens is 211 g/mol. The summed E-state index contributed by atoms with van der Waals surface area (Å²) in [5, 5.41) is 2.06. The fourth-order valence-electron chi connectivity index (χ4n) is 1.39. The van der Waals surface area contributed by atoms with Gasteiger partial charge in [-0.1, -0.05) is 12.1 Å². The molecule has 0 saturated heterocycles. The third-order valence-electron chi connectivity index (χ3n) is 2.12. The maximum atomic E-state index is 12.7. The Morgan fingerprint density at radius 3 is 2.60 bits per heavy atom. The minimum absolute atomic E-state index is 0.203. The van der Waals surface area contributed by atoms with Crippen LogP contribution in [0.15, 0.2) is 35.7 Å². The molecule has 2 aromatic rings. The summed E-state index contributed by atoms with van der Waals surface area (Å²) in [5.41, 5.74) is 2.15. The first-order valence-electron chi connectivity index (χ1n) is 4.62. The molecule has 1 aromatic heterocycles. The molecular formula is C12H11FOS. The Labute approximate surface area is 92.1 Å². The average molecular weight is 222 g/mol. The van der Waals surface area contributed by atoms with E-state index in [0.29, 0.717) is 6.61 Å². The largest absolute Gasteiger partial charge is 0.379 e. The molecule has 0 aliphatic rings. The quantitative estimate of drug-likeness (QED) is 0.769. The number of hydrogen-bond donors (Lipinski definition) is 0. The van der Waals surface area contributed by atoms with Crippen molar-refractivity contribution < 1.29 is 9.13 Å². The van der Waals surface area contributed by atoms with Gasteiger partial charge in [-0.2, -0.15) is 0 Å². The van der Waals surface area contributed by atoms with Crippen molar-refractivity contribution in [2.24, 2.45) is 0 Å². The molecule has 0 saturated carbocycles. The van der Waals surface area contributed by atoms with E-state index in [2.05, 4.69) is 11.4 Å². The number of thiophene rings is 1. The standard InChI is InChI=1S/C12H11FOS/c1-14-7-12-6-10(8-15-12)9-2-4-11(13)5-3-9/h2-6,8H,7H2,1H3. The average Bonchev–Trinajstić information content (AvgIpc) is 2.68. The van der Waals surface area contributed by atoms with Crippen molar-refractivity contribution in [1.29, 1.82) is 0 Å². The summed E-state index contributed by atoms with van der Waals surface area (Å²) in [5.74, 6) is -0.203. The summed E-state index contributed by atoms with van der Waals surface area (Å²) in [6.45, 7) is 0.631. The first-order valence-corrected chi connectivity index (χ1v) is 5.50. The van der Waals surface area contributed by atoms with E-state index in [4.69, 9.17) is 4.74 Å². The van der Waals surface area contributed by atoms with Gasteiger partial charge >= 0.3 is 0 Å². The summed E-state index contributed by atoms with van der Waals surface area (Å²) < 4.78 is 17.8. The van der Waals surface area contributed by atoms with Crippen molar-refractivity contribution in [3.05, 3.63) is 46.4 Å². The number of rotatable bonds is 3. The lowest BCUT2D eigenvalue weighted by Crippen LogP contribution is -1.80. The lowest BCUT2D eigenvalue weighted by Gasteiger charge is -1.96. The smallest absolute Gasteiger partial charge is 0.123 e. The topological polar surface area (TPSA) is 9.23 Å². The van der Waals surface area contributed by atoms with Crippen molar-refractivity contribution in [2.75, 3.05) is 7.11 Å². The highest BCUT2D eigenvalue weighted by Gasteiger charge is 2.02. The predicted octanol–water partition coefficient (Wildman–Crippen LogP) is 3.70. The molecule has 0 radical (unpaired) electrons. The van der Waals surface area contributed by atoms with E-state index in [1.54, 1.807) is 30.6 Å². The van der Waals surface area contributed by atoms with Gasteiger partial charge in [0.15, 0.2) is 0 Å². The van der Waals surface area contributed by atoms with Crippen molar-refractivity contribution in [2.45, 2.75) is 6.61 Å². The molecule has 15 heavy (non-hydrogen) atoms. The van der Waals surface area contributed by atoms with Crippen LogP contribution >= 0.6 is 11.3 Å². The van der Waals surface area contributed by atoms with Gasteiger partial charge in [0.2, 0.25) is 0 Å². The Kier molecular flexibility index (Phi) is 3.14. The zero-order valence-electron chi connectivity index (χ0n) is 8.37. The van der Waals surface area contributed by atoms with Crippen LogP contribution in [-0.2, 0) is 11.3 Å². The van der Waals surface area contributed by atoms with Crippen LogP contribution in [-0.4, -0.2) is 7.11 Å². The second kappa shape index (κ2) is 4.55. The number of halogens is 1. The molecule has 2 rings (SSSR count). The van der Waals surface area contributed by atoms with E-state index >= 15 is 0 Å². The fraction of sp³-hybridized carbons (Fsp3) is 0.167. The van der Waals surface area contributed by atoms with Crippen molar-refractivity contribution in [1.82, 2.24) is 0 Å². The van der Waals surface area contributed by atoms with E-state index in [-0.39, 0.29) is 5.82 Å². The van der Waals surface area contributed by atoms with Gasteiger partial charge < -0.3 is 4.74 Å². The van der Waals surface area contributed by atoms with E-state index in [1.807, 2.05) is 0 Å². The Bertz CT molecular complexity index is 433. The van der Waals surface area contributed by atoms with E-state index in [0.717, 1.165) is 11.1 Å². The Morgan fingerprint density at radius 2 is 1.93 bits per heavy atom. The monoisotopic (exact) mass is 222 g/mol. The number of ether oxygens (including phenoxy) is 1. The van der Waals surface area contributed by atoms with E-state index < -0.39 is 0 Å². The van der Waals surface area contributed by atoms with Crippen LogP contribution < -0.4 is 0 Å². The summed E-state index contributed by atoms with van der Waals surface area (Å²) >= 11 is 1.65. The van der Waals surface area contributed by atoms with Gasteiger partial charge in [-0.15, -0.1) is 11.3 Å². The summed E-state index contributed by atoms with van der Waals surface area (Å²) in [6, 6.07) is 8.59. The highest BCUT2D eigenvalue weighted by molar-refractivity contribution is 7.10. The summed E-state index contributed by atoms with van der Waals surface area (Å²) in [7, 11) is 1.68. The maximum Gasteiger partial charge on any atom is 0.123 e. The van der Waals surface area contributed by atoms with Crippen LogP contribution in [0.3, 0.4) is 0 Å². The van der Waals surface area contributed by atoms with Gasteiger partial charge in [0, 0.05) is 12.0 Å². The Morgan fingerprint density at radius 1 is 1.20 bits per heavy atom. The predicted molar refractivity (Wildman–Crippen MR) is 60.4 cm³/mol. The first kappa shape index (κ1) is 10.3. The van der Waals surface area contributed by atoms with Crippen LogP contribution in [0.4, 0.5) is 4.39 Å². The first-order chi connectivity index (χ1) is 7.29. The van der Waals surface area contributed by atoms with E-state index in [1.165, 1.54) is 17.0 Å². The zero-order valence-corrected chi connectivity index (χ0v) is 9.18. The molecule has 0 spiro atoms. The van der Waals surface area contributed by atoms with Crippen LogP contribution in [0.1, 0.15) is 4.88 Å². The third kappa shape index (κ3) is 2.43. The van der Waals surface area contributed by atoms with Gasteiger partial charge in [-0.25, -0.2) is 4.39 Å². The van der Waals surface area contributed by atoms with Crippen molar-refractivity contribution >= 4 is 11.3 Å². The number of methoxy groups -OCH3 is 1. The maximum absolute atomic E-state index is 12.7. The second-order valence-corrected chi connectivity index (χ2v) is 4.24. The highest BCUT2D eigenvalue weighted by atomic mass is 32.1. The fourth-order valence-corrected chi connectivity index (χ4v) is 2.26. The highest BCUT2D eigenvalue weighted by Crippen LogP contribution is 2.26. The molecule has 0 bridgehead atoms. The molecule has 0 amide bonds. The van der Waals surface area contributed by atoms with Crippen LogP contribution in [0, 0.1) is 5.82 Å². The van der Waals surface area contributed by atoms with Gasteiger partial charge in [-0.05, 0) is 34.7 Å². The summed E-state index contributed by atoms with van der Waals surface area (Å²) in [4.78, 5) is 1.18. The molecule has 1 heterocycles. The normalized spacial score (nSPS) is 10.5. The minimum atomic E-state index is -0.203. The van der Waals surface area contributed by atoms with Gasteiger partial charge in [0.1, 0.15) is 5.82 Å². The molecule has 0 N–H and O–H groups in total. The van der Waals surface area contributed by atoms with Crippen molar-refractivity contribution in [3.8, 4) is 11.1 Å². The van der Waals surface area contributed by atoms with Crippen molar-refractivity contribution in [3.63, 3.8) is 0 Å². The van der Waals surface area contributed by atoms with Gasteiger partial charge in [0.25, 0.3) is 0 Å². The van der Waals surface area contributed by atoms with Gasteiger partial charge in [-0.3, -0.25) is 0 Å². The zero-order chi connectivity index (χ0) is 10.7. The van der Waals surface area contributed by atoms with E-state index in [9.17, 15) is 4.39 Å². The van der Waals surface area contributed by atoms with Gasteiger partial charge in [0.05, 0.1) is 6.61 Å². The molecule has 0 aliphatic heterocycles. The summed E-state index contributed by atoms with van der Waals surface area (Å²) in [6.07, 6.45) is 0. The Hall–Kier alpha value is -1.19. The molecule has 0 fully saturated rings. The minimum Gasteiger partial charge on any atom is -0.379 e. The van der Waals surface area contributed by atoms with Crippen LogP contribution in [0.2, 0.25) is 0 Å². The SMILES string of the molecule is COCc1cc(-c2ccc(F)cc2)cs1. The third-order valence-corrected chi connectivity index (χ3v) is 3.03. The molecule has 3 heteroatoms. The number of hydrogen-bond acceptors (Lipinski definition) is 2. The molecule has 78 valence electrons. The van der Waals surface area contributed by atoms with Crippen LogP contribution in [0.5, 0.6) is 0 Å². The molecule has 0 unspecified atom stereocenters. The second-order valence-electron chi connectivity index (χ2n) is 3.24. The molecule has 0 aliphatic carbocycles. The lowest BCUT2D eigenvalue weighted by molar-refractivity contribution is 0.187. The molecule has 1 nitrogen and oxygen atoms in total. The number of benzene rings is 1.